The minimum Gasteiger partial charge on any atom is -0.462 e. The van der Waals surface area contributed by atoms with Gasteiger partial charge in [-0.15, -0.1) is 0 Å². The molecule has 6 nitrogen and oxygen atoms in total. The second-order valence-corrected chi connectivity index (χ2v) is 21.0. The third-order valence-corrected chi connectivity index (χ3v) is 13.9. The van der Waals surface area contributed by atoms with Gasteiger partial charge in [0.2, 0.25) is 0 Å². The van der Waals surface area contributed by atoms with Crippen molar-refractivity contribution in [3.63, 3.8) is 0 Å². The van der Waals surface area contributed by atoms with Gasteiger partial charge in [0.1, 0.15) is 13.2 Å². The molecule has 1 atom stereocenters. The fraction of sp³-hybridized carbons (Fsp3) is 0.859. The molecular formula is C64H118O6. The van der Waals surface area contributed by atoms with Crippen LogP contribution in [0.2, 0.25) is 0 Å². The SMILES string of the molecule is CCCC/C=C\C/C=C\CCCCCCCC(=O)OC[C@H](COC(=O)CCCCCCCCCCC/C=C\CCCCCCCC)OC(=O)CCCCCCCCCCCCCCCCCCCCC. The summed E-state index contributed by atoms with van der Waals surface area (Å²) in [5.74, 6) is -0.868. The third-order valence-electron chi connectivity index (χ3n) is 13.9. The van der Waals surface area contributed by atoms with E-state index >= 15 is 0 Å². The van der Waals surface area contributed by atoms with E-state index in [1.54, 1.807) is 0 Å². The smallest absolute Gasteiger partial charge is 0.306 e. The number of carbonyl (C=O) groups excluding carboxylic acids is 3. The predicted octanol–water partition coefficient (Wildman–Crippen LogP) is 20.8. The van der Waals surface area contributed by atoms with Gasteiger partial charge in [-0.2, -0.15) is 0 Å². The molecule has 6 heteroatoms. The molecular weight excluding hydrogens is 865 g/mol. The van der Waals surface area contributed by atoms with Crippen molar-refractivity contribution in [2.24, 2.45) is 0 Å². The Bertz CT molecular complexity index is 1170. The molecule has 0 aromatic heterocycles. The number of allylic oxidation sites excluding steroid dienone is 6. The second-order valence-electron chi connectivity index (χ2n) is 21.0. The molecule has 0 rings (SSSR count). The van der Waals surface area contributed by atoms with Crippen LogP contribution in [0.15, 0.2) is 36.5 Å². The van der Waals surface area contributed by atoms with Gasteiger partial charge < -0.3 is 14.2 Å². The van der Waals surface area contributed by atoms with Gasteiger partial charge in [-0.05, 0) is 70.6 Å². The maximum absolute atomic E-state index is 12.9. The van der Waals surface area contributed by atoms with Crippen molar-refractivity contribution in [3.05, 3.63) is 36.5 Å². The highest BCUT2D eigenvalue weighted by Gasteiger charge is 2.19. The molecule has 70 heavy (non-hydrogen) atoms. The number of esters is 3. The van der Waals surface area contributed by atoms with E-state index in [9.17, 15) is 14.4 Å². The first kappa shape index (κ1) is 67.6. The van der Waals surface area contributed by atoms with Crippen LogP contribution in [-0.4, -0.2) is 37.2 Å². The lowest BCUT2D eigenvalue weighted by atomic mass is 10.0. The van der Waals surface area contributed by atoms with Crippen molar-refractivity contribution in [2.45, 2.75) is 341 Å². The van der Waals surface area contributed by atoms with E-state index in [0.29, 0.717) is 19.3 Å². The van der Waals surface area contributed by atoms with E-state index in [0.717, 1.165) is 77.0 Å². The van der Waals surface area contributed by atoms with Crippen LogP contribution < -0.4 is 0 Å². The van der Waals surface area contributed by atoms with Crippen LogP contribution in [0.4, 0.5) is 0 Å². The molecule has 0 aliphatic rings. The third kappa shape index (κ3) is 56.5. The quantitative estimate of drug-likeness (QED) is 0.0261. The Morgan fingerprint density at radius 2 is 0.529 bits per heavy atom. The van der Waals surface area contributed by atoms with E-state index < -0.39 is 6.10 Å². The molecule has 0 unspecified atom stereocenters. The molecule has 0 aromatic carbocycles. The van der Waals surface area contributed by atoms with Crippen LogP contribution in [0.25, 0.3) is 0 Å². The molecule has 0 amide bonds. The molecule has 0 radical (unpaired) electrons. The van der Waals surface area contributed by atoms with Gasteiger partial charge in [0.05, 0.1) is 0 Å². The average molecular weight is 984 g/mol. The van der Waals surface area contributed by atoms with Crippen LogP contribution in [0.1, 0.15) is 335 Å². The average Bonchev–Trinajstić information content (AvgIpc) is 3.36. The number of rotatable bonds is 57. The summed E-state index contributed by atoms with van der Waals surface area (Å²) in [6, 6.07) is 0. The minimum absolute atomic E-state index is 0.0739. The standard InChI is InChI=1S/C64H118O6/c1-4-7-10-13-16-19-22-25-28-30-32-34-36-39-42-45-48-51-54-57-63(66)69-60-61(59-68-62(65)56-53-50-47-44-41-38-27-24-21-18-15-12-9-6-3)70-64(67)58-55-52-49-46-43-40-37-35-33-31-29-26-23-20-17-14-11-8-5-2/h15,18,24-25,27-28,61H,4-14,16-17,19-23,26,29-60H2,1-3H3/b18-15-,27-24-,28-25-/t61-/m1/s1. The molecule has 0 aliphatic carbocycles. The molecule has 0 aromatic rings. The molecule has 0 saturated heterocycles. The Balaban J connectivity index is 4.32. The molecule has 0 fully saturated rings. The van der Waals surface area contributed by atoms with Gasteiger partial charge in [-0.3, -0.25) is 14.4 Å². The fourth-order valence-electron chi connectivity index (χ4n) is 9.16. The fourth-order valence-corrected chi connectivity index (χ4v) is 9.16. The monoisotopic (exact) mass is 983 g/mol. The summed E-state index contributed by atoms with van der Waals surface area (Å²) in [6.07, 6.45) is 71.4. The molecule has 0 heterocycles. The highest BCUT2D eigenvalue weighted by atomic mass is 16.6. The zero-order valence-corrected chi connectivity index (χ0v) is 47.1. The van der Waals surface area contributed by atoms with E-state index in [4.69, 9.17) is 14.2 Å². The number of unbranched alkanes of at least 4 members (excludes halogenated alkanes) is 40. The predicted molar refractivity (Wildman–Crippen MR) is 302 cm³/mol. The molecule has 0 saturated carbocycles. The lowest BCUT2D eigenvalue weighted by molar-refractivity contribution is -0.167. The molecule has 0 spiro atoms. The maximum atomic E-state index is 12.9. The highest BCUT2D eigenvalue weighted by Crippen LogP contribution is 2.17. The lowest BCUT2D eigenvalue weighted by Crippen LogP contribution is -2.30. The summed E-state index contributed by atoms with van der Waals surface area (Å²) < 4.78 is 16.9. The zero-order valence-electron chi connectivity index (χ0n) is 47.1. The van der Waals surface area contributed by atoms with Crippen LogP contribution in [0, 0.1) is 0 Å². The van der Waals surface area contributed by atoms with Crippen molar-refractivity contribution in [2.75, 3.05) is 13.2 Å². The summed E-state index contributed by atoms with van der Waals surface area (Å²) in [7, 11) is 0. The van der Waals surface area contributed by atoms with Crippen LogP contribution in [0.5, 0.6) is 0 Å². The highest BCUT2D eigenvalue weighted by molar-refractivity contribution is 5.71. The molecule has 0 aliphatic heterocycles. The topological polar surface area (TPSA) is 78.9 Å². The Labute approximate surface area is 435 Å². The summed E-state index contributed by atoms with van der Waals surface area (Å²) in [6.45, 7) is 6.64. The van der Waals surface area contributed by atoms with Gasteiger partial charge >= 0.3 is 17.9 Å². The first-order chi connectivity index (χ1) is 34.5. The lowest BCUT2D eigenvalue weighted by Gasteiger charge is -2.18. The van der Waals surface area contributed by atoms with Crippen LogP contribution in [0.3, 0.4) is 0 Å². The Hall–Kier alpha value is -2.37. The maximum Gasteiger partial charge on any atom is 0.306 e. The van der Waals surface area contributed by atoms with Crippen molar-refractivity contribution < 1.29 is 28.6 Å². The van der Waals surface area contributed by atoms with E-state index in [2.05, 4.69) is 57.2 Å². The van der Waals surface area contributed by atoms with E-state index in [1.807, 2.05) is 0 Å². The van der Waals surface area contributed by atoms with Gasteiger partial charge in [0, 0.05) is 19.3 Å². The van der Waals surface area contributed by atoms with Crippen LogP contribution in [-0.2, 0) is 28.6 Å². The van der Waals surface area contributed by atoms with Gasteiger partial charge in [-0.25, -0.2) is 0 Å². The molecule has 410 valence electrons. The van der Waals surface area contributed by atoms with Crippen molar-refractivity contribution in [1.29, 1.82) is 0 Å². The number of ether oxygens (including phenoxy) is 3. The summed E-state index contributed by atoms with van der Waals surface area (Å²) >= 11 is 0. The van der Waals surface area contributed by atoms with Crippen molar-refractivity contribution in [1.82, 2.24) is 0 Å². The normalized spacial score (nSPS) is 12.2. The minimum atomic E-state index is -0.776. The van der Waals surface area contributed by atoms with E-state index in [-0.39, 0.29) is 31.1 Å². The molecule has 0 N–H and O–H groups in total. The van der Waals surface area contributed by atoms with Crippen LogP contribution >= 0.6 is 0 Å². The van der Waals surface area contributed by atoms with Crippen molar-refractivity contribution in [3.8, 4) is 0 Å². The number of hydrogen-bond donors (Lipinski definition) is 0. The Kier molecular flexibility index (Phi) is 57.2. The Morgan fingerprint density at radius 3 is 0.843 bits per heavy atom. The first-order valence-corrected chi connectivity index (χ1v) is 31.0. The van der Waals surface area contributed by atoms with Gasteiger partial charge in [-0.1, -0.05) is 282 Å². The van der Waals surface area contributed by atoms with Gasteiger partial charge in [0.15, 0.2) is 6.10 Å². The number of carbonyl (C=O) groups is 3. The second kappa shape index (κ2) is 59.2. The molecule has 0 bridgehead atoms. The summed E-state index contributed by atoms with van der Waals surface area (Å²) in [5.41, 5.74) is 0. The zero-order chi connectivity index (χ0) is 50.7. The first-order valence-electron chi connectivity index (χ1n) is 31.0. The summed E-state index contributed by atoms with van der Waals surface area (Å²) in [5, 5.41) is 0. The van der Waals surface area contributed by atoms with Crippen molar-refractivity contribution >= 4 is 17.9 Å². The Morgan fingerprint density at radius 1 is 0.286 bits per heavy atom. The van der Waals surface area contributed by atoms with Gasteiger partial charge in [0.25, 0.3) is 0 Å². The van der Waals surface area contributed by atoms with E-state index in [1.165, 1.54) is 218 Å². The number of hydrogen-bond acceptors (Lipinski definition) is 6. The summed E-state index contributed by atoms with van der Waals surface area (Å²) in [4.78, 5) is 38.2. The largest absolute Gasteiger partial charge is 0.462 e.